The minimum atomic E-state index is -0.428. The minimum absolute atomic E-state index is 0.134. The van der Waals surface area contributed by atoms with Crippen molar-refractivity contribution in [3.8, 4) is 0 Å². The number of rotatable bonds is 2. The molecule has 0 saturated carbocycles. The molecule has 5 nitrogen and oxygen atoms in total. The number of aromatic amines is 1. The summed E-state index contributed by atoms with van der Waals surface area (Å²) in [6, 6.07) is 4.32. The lowest BCUT2D eigenvalue weighted by atomic mass is 10.2. The Morgan fingerprint density at radius 2 is 2.17 bits per heavy atom. The first-order chi connectivity index (χ1) is 8.49. The number of nitrogen functional groups attached to an aromatic ring is 1. The van der Waals surface area contributed by atoms with Gasteiger partial charge in [-0.3, -0.25) is 9.89 Å². The number of aryl methyl sites for hydroxylation is 2. The van der Waals surface area contributed by atoms with Gasteiger partial charge in [-0.2, -0.15) is 5.10 Å². The third-order valence-corrected chi connectivity index (χ3v) is 2.63. The van der Waals surface area contributed by atoms with E-state index >= 15 is 0 Å². The molecule has 0 unspecified atom stereocenters. The summed E-state index contributed by atoms with van der Waals surface area (Å²) in [4.78, 5) is 11.9. The topological polar surface area (TPSA) is 83.8 Å². The number of amides is 1. The first kappa shape index (κ1) is 12.1. The minimum Gasteiger partial charge on any atom is -0.395 e. The quantitative estimate of drug-likeness (QED) is 0.760. The molecule has 0 saturated heterocycles. The summed E-state index contributed by atoms with van der Waals surface area (Å²) >= 11 is 0. The van der Waals surface area contributed by atoms with Gasteiger partial charge in [0.25, 0.3) is 5.91 Å². The Morgan fingerprint density at radius 1 is 1.44 bits per heavy atom. The molecule has 2 aromatic rings. The van der Waals surface area contributed by atoms with Gasteiger partial charge in [-0.1, -0.05) is 0 Å². The molecule has 4 N–H and O–H groups in total. The smallest absolute Gasteiger partial charge is 0.278 e. The molecule has 0 spiro atoms. The average Bonchev–Trinajstić information content (AvgIpc) is 2.65. The normalized spacial score (nSPS) is 10.4. The van der Waals surface area contributed by atoms with Crippen LogP contribution < -0.4 is 11.1 Å². The summed E-state index contributed by atoms with van der Waals surface area (Å²) in [6.45, 7) is 3.35. The van der Waals surface area contributed by atoms with Crippen molar-refractivity contribution in [1.82, 2.24) is 10.2 Å². The van der Waals surface area contributed by atoms with Crippen LogP contribution in [-0.4, -0.2) is 16.1 Å². The maximum absolute atomic E-state index is 13.1. The highest BCUT2D eigenvalue weighted by Gasteiger charge is 2.15. The molecule has 0 aliphatic rings. The Balaban J connectivity index is 2.21. The zero-order chi connectivity index (χ0) is 13.3. The largest absolute Gasteiger partial charge is 0.395 e. The van der Waals surface area contributed by atoms with Gasteiger partial charge in [-0.15, -0.1) is 0 Å². The van der Waals surface area contributed by atoms with Gasteiger partial charge in [-0.05, 0) is 37.6 Å². The second-order valence-corrected chi connectivity index (χ2v) is 4.03. The fraction of sp³-hybridized carbons (Fsp3) is 0.167. The number of hydrogen-bond acceptors (Lipinski definition) is 3. The number of anilines is 2. The van der Waals surface area contributed by atoms with Crippen molar-refractivity contribution in [2.75, 3.05) is 11.1 Å². The first-order valence-electron chi connectivity index (χ1n) is 5.37. The van der Waals surface area contributed by atoms with Crippen molar-refractivity contribution < 1.29 is 9.18 Å². The van der Waals surface area contributed by atoms with Crippen LogP contribution in [0, 0.1) is 19.7 Å². The molecule has 6 heteroatoms. The Hall–Kier alpha value is -2.37. The SMILES string of the molecule is Cc1cc(NC(=O)c2n[nH]c(C)c2N)ccc1F. The average molecular weight is 248 g/mol. The van der Waals surface area contributed by atoms with Crippen LogP contribution in [0.25, 0.3) is 0 Å². The number of H-pyrrole nitrogens is 1. The molecule has 1 aromatic heterocycles. The summed E-state index contributed by atoms with van der Waals surface area (Å²) < 4.78 is 13.1. The van der Waals surface area contributed by atoms with Gasteiger partial charge >= 0.3 is 0 Å². The fourth-order valence-electron chi connectivity index (χ4n) is 1.52. The Bertz CT molecular complexity index is 606. The summed E-state index contributed by atoms with van der Waals surface area (Å²) in [7, 11) is 0. The zero-order valence-electron chi connectivity index (χ0n) is 10.0. The lowest BCUT2D eigenvalue weighted by Crippen LogP contribution is -2.14. The molecule has 2 rings (SSSR count). The van der Waals surface area contributed by atoms with E-state index in [0.29, 0.717) is 22.6 Å². The number of nitrogens with two attached hydrogens (primary N) is 1. The number of nitrogens with zero attached hydrogens (tertiary/aromatic N) is 1. The maximum atomic E-state index is 13.1. The van der Waals surface area contributed by atoms with Crippen molar-refractivity contribution in [1.29, 1.82) is 0 Å². The molecule has 0 aliphatic heterocycles. The van der Waals surface area contributed by atoms with Crippen molar-refractivity contribution >= 4 is 17.3 Å². The number of nitrogens with one attached hydrogen (secondary N) is 2. The Kier molecular flexibility index (Phi) is 3.01. The first-order valence-corrected chi connectivity index (χ1v) is 5.37. The molecule has 0 aliphatic carbocycles. The highest BCUT2D eigenvalue weighted by molar-refractivity contribution is 6.06. The predicted molar refractivity (Wildman–Crippen MR) is 66.8 cm³/mol. The molecule has 0 radical (unpaired) electrons. The second kappa shape index (κ2) is 4.48. The van der Waals surface area contributed by atoms with Crippen LogP contribution in [0.1, 0.15) is 21.7 Å². The molecule has 1 amide bonds. The molecule has 18 heavy (non-hydrogen) atoms. The third kappa shape index (κ3) is 2.17. The van der Waals surface area contributed by atoms with Crippen LogP contribution in [0.15, 0.2) is 18.2 Å². The molecule has 0 fully saturated rings. The molecular weight excluding hydrogens is 235 g/mol. The number of aromatic nitrogens is 2. The van der Waals surface area contributed by atoms with Gasteiger partial charge in [-0.25, -0.2) is 4.39 Å². The van der Waals surface area contributed by atoms with Gasteiger partial charge in [0.1, 0.15) is 5.82 Å². The maximum Gasteiger partial charge on any atom is 0.278 e. The van der Waals surface area contributed by atoms with E-state index in [2.05, 4.69) is 15.5 Å². The molecule has 0 bridgehead atoms. The van der Waals surface area contributed by atoms with Crippen LogP contribution in [0.5, 0.6) is 0 Å². The van der Waals surface area contributed by atoms with Crippen molar-refractivity contribution in [3.63, 3.8) is 0 Å². The zero-order valence-corrected chi connectivity index (χ0v) is 10.0. The molecular formula is C12H13FN4O. The Morgan fingerprint density at radius 3 is 2.72 bits per heavy atom. The Labute approximate surface area is 103 Å². The lowest BCUT2D eigenvalue weighted by Gasteiger charge is -2.05. The molecule has 94 valence electrons. The number of benzene rings is 1. The van der Waals surface area contributed by atoms with Crippen LogP contribution in [0.3, 0.4) is 0 Å². The van der Waals surface area contributed by atoms with Gasteiger partial charge < -0.3 is 11.1 Å². The van der Waals surface area contributed by atoms with Gasteiger partial charge in [0, 0.05) is 5.69 Å². The van der Waals surface area contributed by atoms with Gasteiger partial charge in [0.05, 0.1) is 11.4 Å². The van der Waals surface area contributed by atoms with Crippen LogP contribution in [0.4, 0.5) is 15.8 Å². The lowest BCUT2D eigenvalue weighted by molar-refractivity contribution is 0.102. The van der Waals surface area contributed by atoms with E-state index in [1.165, 1.54) is 12.1 Å². The van der Waals surface area contributed by atoms with E-state index in [-0.39, 0.29) is 11.5 Å². The van der Waals surface area contributed by atoms with E-state index in [0.717, 1.165) is 0 Å². The summed E-state index contributed by atoms with van der Waals surface area (Å²) in [5, 5.41) is 9.06. The molecule has 1 heterocycles. The van der Waals surface area contributed by atoms with Gasteiger partial charge in [0.2, 0.25) is 0 Å². The van der Waals surface area contributed by atoms with Crippen molar-refractivity contribution in [2.45, 2.75) is 13.8 Å². The number of carbonyl (C=O) groups is 1. The van der Waals surface area contributed by atoms with Crippen molar-refractivity contribution in [2.24, 2.45) is 0 Å². The molecule has 1 aromatic carbocycles. The van der Waals surface area contributed by atoms with E-state index in [1.807, 2.05) is 0 Å². The second-order valence-electron chi connectivity index (χ2n) is 4.03. The monoisotopic (exact) mass is 248 g/mol. The molecule has 0 atom stereocenters. The van der Waals surface area contributed by atoms with E-state index in [9.17, 15) is 9.18 Å². The van der Waals surface area contributed by atoms with Gasteiger partial charge in [0.15, 0.2) is 5.69 Å². The van der Waals surface area contributed by atoms with Crippen LogP contribution in [0.2, 0.25) is 0 Å². The number of carbonyl (C=O) groups excluding carboxylic acids is 1. The van der Waals surface area contributed by atoms with Crippen LogP contribution >= 0.6 is 0 Å². The fourth-order valence-corrected chi connectivity index (χ4v) is 1.52. The number of halogens is 1. The van der Waals surface area contributed by atoms with Crippen molar-refractivity contribution in [3.05, 3.63) is 41.0 Å². The summed E-state index contributed by atoms with van der Waals surface area (Å²) in [5.41, 5.74) is 7.73. The summed E-state index contributed by atoms with van der Waals surface area (Å²) in [6.07, 6.45) is 0. The highest BCUT2D eigenvalue weighted by Crippen LogP contribution is 2.17. The van der Waals surface area contributed by atoms with E-state index in [4.69, 9.17) is 5.73 Å². The van der Waals surface area contributed by atoms with Crippen LogP contribution in [-0.2, 0) is 0 Å². The highest BCUT2D eigenvalue weighted by atomic mass is 19.1. The predicted octanol–water partition coefficient (Wildman–Crippen LogP) is 2.00. The standard InChI is InChI=1S/C12H13FN4O/c1-6-5-8(3-4-9(6)13)15-12(18)11-10(14)7(2)16-17-11/h3-5H,14H2,1-2H3,(H,15,18)(H,16,17). The van der Waals surface area contributed by atoms with E-state index < -0.39 is 5.91 Å². The third-order valence-electron chi connectivity index (χ3n) is 2.63. The van der Waals surface area contributed by atoms with E-state index in [1.54, 1.807) is 19.9 Å². The summed E-state index contributed by atoms with van der Waals surface area (Å²) in [5.74, 6) is -0.744. The number of hydrogen-bond donors (Lipinski definition) is 3.